The third kappa shape index (κ3) is 10.1. The average Bonchev–Trinajstić information content (AvgIpc) is 3.61. The van der Waals surface area contributed by atoms with Gasteiger partial charge >= 0.3 is 12.1 Å². The van der Waals surface area contributed by atoms with Crippen LogP contribution in [0.2, 0.25) is 0 Å². The van der Waals surface area contributed by atoms with Gasteiger partial charge in [-0.3, -0.25) is 0 Å². The van der Waals surface area contributed by atoms with Crippen molar-refractivity contribution in [3.05, 3.63) is 106 Å². The van der Waals surface area contributed by atoms with Gasteiger partial charge in [0.25, 0.3) is 0 Å². The van der Waals surface area contributed by atoms with Gasteiger partial charge in [-0.2, -0.15) is 10.2 Å². The molecule has 68 heavy (non-hydrogen) atoms. The summed E-state index contributed by atoms with van der Waals surface area (Å²) in [5, 5.41) is 17.5. The van der Waals surface area contributed by atoms with Crippen molar-refractivity contribution in [2.45, 2.75) is 38.8 Å². The second-order valence-electron chi connectivity index (χ2n) is 17.4. The number of fused-ring (bicyclic) bond motifs is 2. The summed E-state index contributed by atoms with van der Waals surface area (Å²) in [6, 6.07) is 18.2. The molecule has 2 saturated heterocycles. The lowest BCUT2D eigenvalue weighted by atomic mass is 9.93. The molecule has 2 N–H and O–H groups in total. The molecular formula is C50H64F2N10O6. The Bertz CT molecular complexity index is 2330. The van der Waals surface area contributed by atoms with Crippen LogP contribution in [-0.4, -0.2) is 164 Å². The fraction of sp³-hybridized carbons (Fsp3) is 0.440. The molecule has 0 saturated carbocycles. The third-order valence-electron chi connectivity index (χ3n) is 13.0. The van der Waals surface area contributed by atoms with Crippen molar-refractivity contribution in [1.82, 2.24) is 30.5 Å². The molecule has 0 radical (unpaired) electrons. The summed E-state index contributed by atoms with van der Waals surface area (Å²) in [6.45, 7) is 11.6. The number of anilines is 2. The van der Waals surface area contributed by atoms with E-state index >= 15 is 8.78 Å². The number of carbonyl (C=O) groups is 2. The van der Waals surface area contributed by atoms with Crippen molar-refractivity contribution in [2.75, 3.05) is 119 Å². The van der Waals surface area contributed by atoms with Crippen LogP contribution in [0.25, 0.3) is 0 Å². The predicted octanol–water partition coefficient (Wildman–Crippen LogP) is 5.87. The van der Waals surface area contributed by atoms with Crippen LogP contribution in [0.15, 0.2) is 70.9 Å². The SMILES string of the molecule is CNC(=O)N1N=C(c2ccc(N3CCN(C)CC3)cc2)c2cc(OC)c(OC)c(F)c2CC1C.CNC(=O)N1N=C(c2ccc(N3CCN(C)CC3)cc2)c2cc(OC)c(OC)c(F)c2C[C@H]1C. The van der Waals surface area contributed by atoms with E-state index in [-0.39, 0.29) is 60.0 Å². The molecule has 16 nitrogen and oxygen atoms in total. The molecule has 4 aliphatic rings. The zero-order chi connectivity index (χ0) is 48.8. The number of hydrogen-bond donors (Lipinski definition) is 2. The lowest BCUT2D eigenvalue weighted by Gasteiger charge is -2.34. The smallest absolute Gasteiger partial charge is 0.337 e. The van der Waals surface area contributed by atoms with E-state index in [1.165, 1.54) is 38.5 Å². The monoisotopic (exact) mass is 938 g/mol. The molecule has 2 fully saturated rings. The van der Waals surface area contributed by atoms with E-state index in [1.807, 2.05) is 38.1 Å². The number of carbonyl (C=O) groups excluding carboxylic acids is 2. The highest BCUT2D eigenvalue weighted by atomic mass is 19.1. The van der Waals surface area contributed by atoms with Crippen molar-refractivity contribution >= 4 is 34.9 Å². The van der Waals surface area contributed by atoms with Gasteiger partial charge in [0.1, 0.15) is 0 Å². The number of amides is 4. The molecule has 0 spiro atoms. The van der Waals surface area contributed by atoms with Crippen LogP contribution in [0.1, 0.15) is 47.2 Å². The van der Waals surface area contributed by atoms with Crippen LogP contribution in [0.3, 0.4) is 0 Å². The average molecular weight is 939 g/mol. The highest BCUT2D eigenvalue weighted by Gasteiger charge is 2.34. The van der Waals surface area contributed by atoms with Crippen molar-refractivity contribution in [3.8, 4) is 23.0 Å². The molecular weight excluding hydrogens is 875 g/mol. The molecule has 4 aliphatic heterocycles. The molecule has 4 aromatic carbocycles. The first kappa shape index (κ1) is 49.3. The Balaban J connectivity index is 0.000000201. The van der Waals surface area contributed by atoms with Gasteiger partial charge in [-0.1, -0.05) is 24.3 Å². The number of ether oxygens (including phenoxy) is 4. The zero-order valence-corrected chi connectivity index (χ0v) is 40.8. The minimum atomic E-state index is -0.496. The minimum absolute atomic E-state index is 0.0478. The number of halogens is 2. The molecule has 0 aromatic heterocycles. The Morgan fingerprint density at radius 1 is 0.559 bits per heavy atom. The Labute approximate surface area is 398 Å². The van der Waals surface area contributed by atoms with Crippen LogP contribution in [0.5, 0.6) is 23.0 Å². The van der Waals surface area contributed by atoms with Gasteiger partial charge in [0, 0.05) is 111 Å². The summed E-state index contributed by atoms with van der Waals surface area (Å²) in [5.74, 6) is -0.338. The summed E-state index contributed by atoms with van der Waals surface area (Å²) >= 11 is 0. The number of nitrogens with zero attached hydrogens (tertiary/aromatic N) is 8. The van der Waals surface area contributed by atoms with Gasteiger partial charge in [-0.25, -0.2) is 28.4 Å². The van der Waals surface area contributed by atoms with E-state index in [2.05, 4.69) is 68.6 Å². The molecule has 2 atom stereocenters. The van der Waals surface area contributed by atoms with Crippen molar-refractivity contribution in [3.63, 3.8) is 0 Å². The van der Waals surface area contributed by atoms with Crippen LogP contribution in [0.4, 0.5) is 29.7 Å². The Hall–Kier alpha value is -6.66. The molecule has 4 heterocycles. The van der Waals surface area contributed by atoms with Crippen LogP contribution >= 0.6 is 0 Å². The van der Waals surface area contributed by atoms with Crippen LogP contribution in [0, 0.1) is 11.6 Å². The van der Waals surface area contributed by atoms with E-state index in [1.54, 1.807) is 26.2 Å². The lowest BCUT2D eigenvalue weighted by molar-refractivity contribution is 0.183. The maximum Gasteiger partial charge on any atom is 0.337 e. The number of urea groups is 2. The molecule has 364 valence electrons. The highest BCUT2D eigenvalue weighted by Crippen LogP contribution is 2.40. The molecule has 0 aliphatic carbocycles. The molecule has 4 amide bonds. The zero-order valence-electron chi connectivity index (χ0n) is 40.8. The van der Waals surface area contributed by atoms with Gasteiger partial charge < -0.3 is 49.2 Å². The number of methoxy groups -OCH3 is 4. The van der Waals surface area contributed by atoms with Gasteiger partial charge in [0.15, 0.2) is 34.6 Å². The highest BCUT2D eigenvalue weighted by molar-refractivity contribution is 6.15. The summed E-state index contributed by atoms with van der Waals surface area (Å²) in [7, 11) is 13.1. The number of hydrazone groups is 2. The topological polar surface area (TPSA) is 139 Å². The minimum Gasteiger partial charge on any atom is -0.493 e. The molecule has 18 heteroatoms. The number of rotatable bonds is 8. The van der Waals surface area contributed by atoms with Gasteiger partial charge in [0.05, 0.1) is 51.9 Å². The quantitative estimate of drug-likeness (QED) is 0.221. The molecule has 4 aromatic rings. The fourth-order valence-electron chi connectivity index (χ4n) is 9.02. The fourth-order valence-corrected chi connectivity index (χ4v) is 9.02. The largest absolute Gasteiger partial charge is 0.493 e. The van der Waals surface area contributed by atoms with Crippen molar-refractivity contribution < 1.29 is 37.3 Å². The van der Waals surface area contributed by atoms with E-state index in [9.17, 15) is 9.59 Å². The summed E-state index contributed by atoms with van der Waals surface area (Å²) in [4.78, 5) is 34.6. The number of nitrogens with one attached hydrogen (secondary N) is 2. The summed E-state index contributed by atoms with van der Waals surface area (Å²) in [5.41, 5.74) is 6.89. The Morgan fingerprint density at radius 3 is 1.19 bits per heavy atom. The maximum absolute atomic E-state index is 15.6. The molecule has 0 bridgehead atoms. The van der Waals surface area contributed by atoms with Crippen LogP contribution in [-0.2, 0) is 12.8 Å². The lowest BCUT2D eigenvalue weighted by Crippen LogP contribution is -2.44. The summed E-state index contributed by atoms with van der Waals surface area (Å²) in [6.07, 6.45) is 0.558. The second-order valence-corrected chi connectivity index (χ2v) is 17.4. The summed E-state index contributed by atoms with van der Waals surface area (Å²) < 4.78 is 52.6. The Morgan fingerprint density at radius 2 is 0.897 bits per heavy atom. The first-order valence-electron chi connectivity index (χ1n) is 22.9. The Kier molecular flexibility index (Phi) is 15.6. The van der Waals surface area contributed by atoms with Crippen molar-refractivity contribution in [1.29, 1.82) is 0 Å². The standard InChI is InChI=1S/2C25H32FN5O3/c2*1-16-14-19-20(15-21(33-4)24(34-5)22(19)26)23(28-31(16)25(32)27-2)17-6-8-18(9-7-17)30-12-10-29(3)11-13-30/h2*6-9,15-16H,10-14H2,1-5H3,(H,27,32)/t16-;/m1./s1. The molecule has 1 unspecified atom stereocenters. The normalized spacial score (nSPS) is 18.6. The van der Waals surface area contributed by atoms with Gasteiger partial charge in [0.2, 0.25) is 0 Å². The van der Waals surface area contributed by atoms with Crippen molar-refractivity contribution in [2.24, 2.45) is 10.2 Å². The number of likely N-dealkylation sites (N-methyl/N-ethyl adjacent to an activating group) is 2. The number of benzene rings is 4. The maximum atomic E-state index is 15.6. The first-order chi connectivity index (χ1) is 32.7. The van der Waals surface area contributed by atoms with E-state index in [0.29, 0.717) is 33.7 Å². The number of piperazine rings is 2. The second kappa shape index (κ2) is 21.5. The van der Waals surface area contributed by atoms with E-state index in [4.69, 9.17) is 29.2 Å². The van der Waals surface area contributed by atoms with Gasteiger partial charge in [-0.15, -0.1) is 0 Å². The van der Waals surface area contributed by atoms with E-state index in [0.717, 1.165) is 74.9 Å². The first-order valence-corrected chi connectivity index (χ1v) is 22.9. The van der Waals surface area contributed by atoms with Gasteiger partial charge in [-0.05, 0) is 77.2 Å². The van der Waals surface area contributed by atoms with E-state index < -0.39 is 11.6 Å². The number of hydrogen-bond acceptors (Lipinski definition) is 12. The van der Waals surface area contributed by atoms with Crippen LogP contribution < -0.4 is 39.4 Å². The molecule has 8 rings (SSSR count). The predicted molar refractivity (Wildman–Crippen MR) is 262 cm³/mol. The third-order valence-corrected chi connectivity index (χ3v) is 13.0.